The van der Waals surface area contributed by atoms with Gasteiger partial charge >= 0.3 is 5.97 Å². The quantitative estimate of drug-likeness (QED) is 0.391. The molecular formula is C22H26O5. The molecule has 0 aromatic heterocycles. The predicted molar refractivity (Wildman–Crippen MR) is 103 cm³/mol. The molecule has 2 aromatic rings. The molecule has 0 heterocycles. The smallest absolute Gasteiger partial charge is 0.306 e. The molecule has 2 rings (SSSR count). The molecule has 27 heavy (non-hydrogen) atoms. The van der Waals surface area contributed by atoms with Crippen molar-refractivity contribution in [1.29, 1.82) is 0 Å². The molecule has 0 atom stereocenters. The highest BCUT2D eigenvalue weighted by Crippen LogP contribution is 2.18. The third kappa shape index (κ3) is 6.77. The van der Waals surface area contributed by atoms with Gasteiger partial charge in [-0.15, -0.1) is 0 Å². The van der Waals surface area contributed by atoms with E-state index in [9.17, 15) is 9.59 Å². The van der Waals surface area contributed by atoms with E-state index in [2.05, 4.69) is 0 Å². The molecule has 2 aromatic carbocycles. The number of benzene rings is 2. The zero-order valence-corrected chi connectivity index (χ0v) is 16.3. The van der Waals surface area contributed by atoms with Crippen molar-refractivity contribution in [3.63, 3.8) is 0 Å². The van der Waals surface area contributed by atoms with Gasteiger partial charge in [-0.1, -0.05) is 0 Å². The highest BCUT2D eigenvalue weighted by atomic mass is 16.6. The molecule has 0 saturated heterocycles. The van der Waals surface area contributed by atoms with Crippen LogP contribution in [-0.4, -0.2) is 31.1 Å². The molecule has 0 radical (unpaired) electrons. The lowest BCUT2D eigenvalue weighted by atomic mass is 10.0. The monoisotopic (exact) mass is 370 g/mol. The van der Waals surface area contributed by atoms with Gasteiger partial charge in [-0.2, -0.15) is 0 Å². The molecule has 0 saturated carbocycles. The van der Waals surface area contributed by atoms with Crippen LogP contribution in [0.5, 0.6) is 11.5 Å². The molecule has 144 valence electrons. The normalized spacial score (nSPS) is 11.0. The Morgan fingerprint density at radius 1 is 0.852 bits per heavy atom. The molecular weight excluding hydrogens is 344 g/mol. The zero-order valence-electron chi connectivity index (χ0n) is 16.3. The van der Waals surface area contributed by atoms with E-state index < -0.39 is 5.60 Å². The van der Waals surface area contributed by atoms with Gasteiger partial charge in [-0.25, -0.2) is 0 Å². The van der Waals surface area contributed by atoms with Gasteiger partial charge in [0.1, 0.15) is 17.1 Å². The maximum Gasteiger partial charge on any atom is 0.306 e. The van der Waals surface area contributed by atoms with E-state index >= 15 is 0 Å². The van der Waals surface area contributed by atoms with E-state index in [4.69, 9.17) is 14.2 Å². The molecule has 0 amide bonds. The van der Waals surface area contributed by atoms with Crippen molar-refractivity contribution >= 4 is 11.8 Å². The van der Waals surface area contributed by atoms with Crippen molar-refractivity contribution in [2.45, 2.75) is 39.2 Å². The van der Waals surface area contributed by atoms with E-state index in [1.165, 1.54) is 0 Å². The summed E-state index contributed by atoms with van der Waals surface area (Å²) in [5.41, 5.74) is 0.715. The first-order chi connectivity index (χ1) is 12.8. The van der Waals surface area contributed by atoms with Crippen LogP contribution in [0.25, 0.3) is 0 Å². The summed E-state index contributed by atoms with van der Waals surface area (Å²) in [6.07, 6.45) is 0.882. The molecule has 0 aliphatic heterocycles. The van der Waals surface area contributed by atoms with Crippen molar-refractivity contribution < 1.29 is 23.8 Å². The van der Waals surface area contributed by atoms with Gasteiger partial charge in [0, 0.05) is 17.5 Å². The minimum Gasteiger partial charge on any atom is -0.497 e. The Labute approximate surface area is 160 Å². The zero-order chi connectivity index (χ0) is 19.9. The topological polar surface area (TPSA) is 61.8 Å². The van der Waals surface area contributed by atoms with E-state index in [1.54, 1.807) is 55.6 Å². The van der Waals surface area contributed by atoms with Crippen molar-refractivity contribution in [3.8, 4) is 11.5 Å². The highest BCUT2D eigenvalue weighted by molar-refractivity contribution is 6.09. The average Bonchev–Trinajstić information content (AvgIpc) is 2.64. The lowest BCUT2D eigenvalue weighted by molar-refractivity contribution is -0.155. The number of esters is 1. The number of methoxy groups -OCH3 is 1. The largest absolute Gasteiger partial charge is 0.497 e. The third-order valence-electron chi connectivity index (χ3n) is 3.68. The second-order valence-corrected chi connectivity index (χ2v) is 7.12. The van der Waals surface area contributed by atoms with Gasteiger partial charge in [0.15, 0.2) is 5.78 Å². The number of hydrogen-bond acceptors (Lipinski definition) is 5. The van der Waals surface area contributed by atoms with E-state index in [0.717, 1.165) is 0 Å². The standard InChI is InChI=1S/C22H26O5/c1-22(2,3)27-20(23)6-5-15-26-19-13-9-17(10-14-19)21(24)16-7-11-18(25-4)12-8-16/h7-14H,5-6,15H2,1-4H3. The summed E-state index contributed by atoms with van der Waals surface area (Å²) in [6.45, 7) is 5.94. The Balaban J connectivity index is 1.82. The lowest BCUT2D eigenvalue weighted by Gasteiger charge is -2.19. The summed E-state index contributed by atoms with van der Waals surface area (Å²) in [6, 6.07) is 14.0. The Hall–Kier alpha value is -2.82. The molecule has 5 nitrogen and oxygen atoms in total. The first kappa shape index (κ1) is 20.5. The molecule has 0 N–H and O–H groups in total. The van der Waals surface area contributed by atoms with Gasteiger partial charge in [0.25, 0.3) is 0 Å². The Morgan fingerprint density at radius 3 is 1.85 bits per heavy atom. The Bertz CT molecular complexity index is 755. The van der Waals surface area contributed by atoms with Gasteiger partial charge in [-0.3, -0.25) is 9.59 Å². The first-order valence-electron chi connectivity index (χ1n) is 8.92. The number of carbonyl (C=O) groups excluding carboxylic acids is 2. The van der Waals surface area contributed by atoms with E-state index in [-0.39, 0.29) is 11.8 Å². The average molecular weight is 370 g/mol. The third-order valence-corrected chi connectivity index (χ3v) is 3.68. The second-order valence-electron chi connectivity index (χ2n) is 7.12. The minimum atomic E-state index is -0.468. The fraction of sp³-hybridized carbons (Fsp3) is 0.364. The number of hydrogen-bond donors (Lipinski definition) is 0. The van der Waals surface area contributed by atoms with Crippen molar-refractivity contribution in [2.24, 2.45) is 0 Å². The van der Waals surface area contributed by atoms with Crippen LogP contribution in [0.4, 0.5) is 0 Å². The fourth-order valence-electron chi connectivity index (χ4n) is 2.41. The number of ketones is 1. The second kappa shape index (κ2) is 9.21. The van der Waals surface area contributed by atoms with Crippen molar-refractivity contribution in [3.05, 3.63) is 59.7 Å². The fourth-order valence-corrected chi connectivity index (χ4v) is 2.41. The van der Waals surface area contributed by atoms with Crippen LogP contribution in [0.15, 0.2) is 48.5 Å². The van der Waals surface area contributed by atoms with Crippen LogP contribution in [0.3, 0.4) is 0 Å². The maximum absolute atomic E-state index is 12.5. The Kier molecular flexibility index (Phi) is 6.99. The van der Waals surface area contributed by atoms with Crippen LogP contribution in [0, 0.1) is 0 Å². The Morgan fingerprint density at radius 2 is 1.37 bits per heavy atom. The SMILES string of the molecule is COc1ccc(C(=O)c2ccc(OCCCC(=O)OC(C)(C)C)cc2)cc1. The van der Waals surface area contributed by atoms with Gasteiger partial charge in [0.05, 0.1) is 13.7 Å². The van der Waals surface area contributed by atoms with Crippen LogP contribution in [0.2, 0.25) is 0 Å². The lowest BCUT2D eigenvalue weighted by Crippen LogP contribution is -2.23. The summed E-state index contributed by atoms with van der Waals surface area (Å²) in [5, 5.41) is 0. The van der Waals surface area contributed by atoms with Crippen LogP contribution < -0.4 is 9.47 Å². The maximum atomic E-state index is 12.5. The summed E-state index contributed by atoms with van der Waals surface area (Å²) in [7, 11) is 1.59. The summed E-state index contributed by atoms with van der Waals surface area (Å²) in [5.74, 6) is 1.08. The molecule has 0 unspecified atom stereocenters. The van der Waals surface area contributed by atoms with Crippen molar-refractivity contribution in [2.75, 3.05) is 13.7 Å². The number of rotatable bonds is 8. The van der Waals surface area contributed by atoms with Gasteiger partial charge < -0.3 is 14.2 Å². The minimum absolute atomic E-state index is 0.0610. The molecule has 0 aliphatic carbocycles. The molecule has 0 spiro atoms. The number of ether oxygens (including phenoxy) is 3. The summed E-state index contributed by atoms with van der Waals surface area (Å²) in [4.78, 5) is 24.1. The van der Waals surface area contributed by atoms with E-state index in [0.29, 0.717) is 42.1 Å². The van der Waals surface area contributed by atoms with Gasteiger partial charge in [-0.05, 0) is 75.7 Å². The van der Waals surface area contributed by atoms with E-state index in [1.807, 2.05) is 20.8 Å². The summed E-state index contributed by atoms with van der Waals surface area (Å²) >= 11 is 0. The molecule has 0 bridgehead atoms. The van der Waals surface area contributed by atoms with Crippen LogP contribution in [-0.2, 0) is 9.53 Å². The van der Waals surface area contributed by atoms with Gasteiger partial charge in [0.2, 0.25) is 0 Å². The highest BCUT2D eigenvalue weighted by Gasteiger charge is 2.15. The molecule has 0 fully saturated rings. The molecule has 5 heteroatoms. The van der Waals surface area contributed by atoms with Crippen LogP contribution >= 0.6 is 0 Å². The van der Waals surface area contributed by atoms with Crippen LogP contribution in [0.1, 0.15) is 49.5 Å². The first-order valence-corrected chi connectivity index (χ1v) is 8.92. The van der Waals surface area contributed by atoms with Crippen molar-refractivity contribution in [1.82, 2.24) is 0 Å². The predicted octanol–water partition coefficient (Wildman–Crippen LogP) is 4.43. The summed E-state index contributed by atoms with van der Waals surface area (Å²) < 4.78 is 16.0. The molecule has 0 aliphatic rings. The number of carbonyl (C=O) groups is 2.